The lowest BCUT2D eigenvalue weighted by Crippen LogP contribution is -2.06. The number of halogens is 2. The number of hydrogen-bond acceptors (Lipinski definition) is 6. The number of aromatic nitrogens is 1. The normalized spacial score (nSPS) is 10.5. The topological polar surface area (TPSA) is 70.8 Å². The molecule has 0 saturated heterocycles. The van der Waals surface area contributed by atoms with Crippen molar-refractivity contribution in [2.24, 2.45) is 0 Å². The molecule has 140 valence electrons. The van der Waals surface area contributed by atoms with Gasteiger partial charge in [0.05, 0.1) is 24.8 Å². The molecule has 0 atom stereocenters. The molecular weight excluding hydrogens is 393 g/mol. The molecule has 3 rings (SSSR count). The van der Waals surface area contributed by atoms with E-state index in [1.54, 1.807) is 38.5 Å². The molecule has 0 aliphatic rings. The Morgan fingerprint density at radius 3 is 2.52 bits per heavy atom. The summed E-state index contributed by atoms with van der Waals surface area (Å²) in [6.45, 7) is -0.0609. The molecule has 3 aromatic rings. The number of rotatable bonds is 6. The number of ether oxygens (including phenoxy) is 3. The summed E-state index contributed by atoms with van der Waals surface area (Å²) in [5, 5.41) is 4.57. The average Bonchev–Trinajstić information content (AvgIpc) is 3.14. The van der Waals surface area contributed by atoms with Gasteiger partial charge in [0.1, 0.15) is 12.3 Å². The number of methoxy groups -OCH3 is 2. The summed E-state index contributed by atoms with van der Waals surface area (Å²) in [5.74, 6) is 1.10. The molecule has 0 N–H and O–H groups in total. The van der Waals surface area contributed by atoms with Crippen LogP contribution in [0.1, 0.15) is 16.1 Å². The Morgan fingerprint density at radius 1 is 1.04 bits per heavy atom. The SMILES string of the molecule is COc1ccc(-c2cc(COC(=O)c3ccc(Cl)cc3Cl)no2)cc1OC. The fourth-order valence-electron chi connectivity index (χ4n) is 2.38. The van der Waals surface area contributed by atoms with E-state index < -0.39 is 5.97 Å². The largest absolute Gasteiger partial charge is 0.493 e. The van der Waals surface area contributed by atoms with E-state index in [0.29, 0.717) is 28.0 Å². The highest BCUT2D eigenvalue weighted by molar-refractivity contribution is 6.36. The third-order valence-corrected chi connectivity index (χ3v) is 4.28. The van der Waals surface area contributed by atoms with Crippen LogP contribution in [0.4, 0.5) is 0 Å². The van der Waals surface area contributed by atoms with Crippen molar-refractivity contribution in [2.45, 2.75) is 6.61 Å². The lowest BCUT2D eigenvalue weighted by Gasteiger charge is -2.07. The maximum atomic E-state index is 12.1. The molecule has 0 bridgehead atoms. The van der Waals surface area contributed by atoms with Crippen molar-refractivity contribution in [3.8, 4) is 22.8 Å². The van der Waals surface area contributed by atoms with E-state index in [1.165, 1.54) is 12.1 Å². The molecule has 27 heavy (non-hydrogen) atoms. The van der Waals surface area contributed by atoms with E-state index in [1.807, 2.05) is 6.07 Å². The number of hydrogen-bond donors (Lipinski definition) is 0. The second-order valence-electron chi connectivity index (χ2n) is 5.45. The van der Waals surface area contributed by atoms with Crippen LogP contribution in [0.15, 0.2) is 47.0 Å². The van der Waals surface area contributed by atoms with Crippen molar-refractivity contribution in [3.05, 3.63) is 63.8 Å². The van der Waals surface area contributed by atoms with E-state index >= 15 is 0 Å². The Hall–Kier alpha value is -2.70. The Bertz CT molecular complexity index is 970. The van der Waals surface area contributed by atoms with Crippen molar-refractivity contribution < 1.29 is 23.5 Å². The molecule has 8 heteroatoms. The van der Waals surface area contributed by atoms with E-state index in [0.717, 1.165) is 5.56 Å². The highest BCUT2D eigenvalue weighted by atomic mass is 35.5. The van der Waals surface area contributed by atoms with Crippen LogP contribution < -0.4 is 9.47 Å². The zero-order chi connectivity index (χ0) is 19.4. The van der Waals surface area contributed by atoms with Crippen molar-refractivity contribution >= 4 is 29.2 Å². The Balaban J connectivity index is 1.70. The van der Waals surface area contributed by atoms with E-state index in [-0.39, 0.29) is 17.2 Å². The van der Waals surface area contributed by atoms with Gasteiger partial charge in [-0.3, -0.25) is 0 Å². The van der Waals surface area contributed by atoms with Crippen LogP contribution in [0, 0.1) is 0 Å². The standard InChI is InChI=1S/C19H15Cl2NO5/c1-24-16-6-3-11(7-18(16)25-2)17-9-13(22-27-17)10-26-19(23)14-5-4-12(20)8-15(14)21/h3-9H,10H2,1-2H3. The van der Waals surface area contributed by atoms with Crippen LogP contribution in [0.3, 0.4) is 0 Å². The zero-order valence-electron chi connectivity index (χ0n) is 14.5. The molecule has 6 nitrogen and oxygen atoms in total. The molecule has 0 unspecified atom stereocenters. The van der Waals surface area contributed by atoms with E-state index in [2.05, 4.69) is 5.16 Å². The summed E-state index contributed by atoms with van der Waals surface area (Å²) in [6, 6.07) is 11.6. The number of carbonyl (C=O) groups excluding carboxylic acids is 1. The highest BCUT2D eigenvalue weighted by Gasteiger charge is 2.15. The first-order chi connectivity index (χ1) is 13.0. The first-order valence-corrected chi connectivity index (χ1v) is 8.57. The highest BCUT2D eigenvalue weighted by Crippen LogP contribution is 2.32. The Labute approximate surface area is 165 Å². The summed E-state index contributed by atoms with van der Waals surface area (Å²) < 4.78 is 21.0. The maximum Gasteiger partial charge on any atom is 0.340 e. The third-order valence-electron chi connectivity index (χ3n) is 3.73. The molecule has 0 saturated carbocycles. The smallest absolute Gasteiger partial charge is 0.340 e. The van der Waals surface area contributed by atoms with Gasteiger partial charge in [-0.25, -0.2) is 4.79 Å². The van der Waals surface area contributed by atoms with Gasteiger partial charge in [-0.2, -0.15) is 0 Å². The van der Waals surface area contributed by atoms with Crippen LogP contribution in [0.2, 0.25) is 10.0 Å². The van der Waals surface area contributed by atoms with Gasteiger partial charge >= 0.3 is 5.97 Å². The van der Waals surface area contributed by atoms with Crippen LogP contribution >= 0.6 is 23.2 Å². The molecule has 0 aliphatic carbocycles. The van der Waals surface area contributed by atoms with Gasteiger partial charge in [-0.15, -0.1) is 0 Å². The number of nitrogens with zero attached hydrogens (tertiary/aromatic N) is 1. The van der Waals surface area contributed by atoms with Gasteiger partial charge in [-0.05, 0) is 36.4 Å². The maximum absolute atomic E-state index is 12.1. The quantitative estimate of drug-likeness (QED) is 0.534. The molecule has 1 aromatic heterocycles. The number of carbonyl (C=O) groups is 1. The summed E-state index contributed by atoms with van der Waals surface area (Å²) in [7, 11) is 3.11. The van der Waals surface area contributed by atoms with E-state index in [9.17, 15) is 4.79 Å². The predicted molar refractivity (Wildman–Crippen MR) is 101 cm³/mol. The number of benzene rings is 2. The van der Waals surface area contributed by atoms with Gasteiger partial charge in [0, 0.05) is 16.7 Å². The summed E-state index contributed by atoms with van der Waals surface area (Å²) >= 11 is 11.8. The molecule has 0 amide bonds. The molecule has 0 fully saturated rings. The monoisotopic (exact) mass is 407 g/mol. The van der Waals surface area contributed by atoms with Crippen LogP contribution in [0.5, 0.6) is 11.5 Å². The fraction of sp³-hybridized carbons (Fsp3) is 0.158. The van der Waals surface area contributed by atoms with Crippen molar-refractivity contribution in [3.63, 3.8) is 0 Å². The van der Waals surface area contributed by atoms with Gasteiger partial charge in [-0.1, -0.05) is 28.4 Å². The number of esters is 1. The Morgan fingerprint density at radius 2 is 1.81 bits per heavy atom. The predicted octanol–water partition coefficient (Wildman–Crippen LogP) is 5.02. The summed E-state index contributed by atoms with van der Waals surface area (Å²) in [5.41, 5.74) is 1.43. The van der Waals surface area contributed by atoms with Crippen molar-refractivity contribution in [1.29, 1.82) is 0 Å². The summed E-state index contributed by atoms with van der Waals surface area (Å²) in [4.78, 5) is 12.1. The van der Waals surface area contributed by atoms with Crippen LogP contribution in [0.25, 0.3) is 11.3 Å². The van der Waals surface area contributed by atoms with Gasteiger partial charge in [0.25, 0.3) is 0 Å². The molecule has 0 aliphatic heterocycles. The van der Waals surface area contributed by atoms with Crippen LogP contribution in [-0.4, -0.2) is 25.3 Å². The third kappa shape index (κ3) is 4.35. The second kappa shape index (κ2) is 8.33. The molecule has 0 spiro atoms. The van der Waals surface area contributed by atoms with Crippen molar-refractivity contribution in [2.75, 3.05) is 14.2 Å². The van der Waals surface area contributed by atoms with Crippen molar-refractivity contribution in [1.82, 2.24) is 5.16 Å². The van der Waals surface area contributed by atoms with Crippen LogP contribution in [-0.2, 0) is 11.3 Å². The minimum absolute atomic E-state index is 0.0609. The lowest BCUT2D eigenvalue weighted by molar-refractivity contribution is 0.0464. The fourth-order valence-corrected chi connectivity index (χ4v) is 2.86. The zero-order valence-corrected chi connectivity index (χ0v) is 16.0. The minimum Gasteiger partial charge on any atom is -0.493 e. The second-order valence-corrected chi connectivity index (χ2v) is 6.30. The molecular formula is C19H15Cl2NO5. The average molecular weight is 408 g/mol. The van der Waals surface area contributed by atoms with Gasteiger partial charge in [0.2, 0.25) is 0 Å². The molecule has 0 radical (unpaired) electrons. The first-order valence-electron chi connectivity index (χ1n) is 7.82. The first kappa shape index (κ1) is 19.1. The Kier molecular flexibility index (Phi) is 5.88. The van der Waals surface area contributed by atoms with E-state index in [4.69, 9.17) is 41.9 Å². The van der Waals surface area contributed by atoms with Gasteiger partial charge in [0.15, 0.2) is 17.3 Å². The lowest BCUT2D eigenvalue weighted by atomic mass is 10.1. The van der Waals surface area contributed by atoms with Gasteiger partial charge < -0.3 is 18.7 Å². The minimum atomic E-state index is -0.577. The molecule has 2 aromatic carbocycles. The summed E-state index contributed by atoms with van der Waals surface area (Å²) in [6.07, 6.45) is 0. The molecule has 1 heterocycles.